The summed E-state index contributed by atoms with van der Waals surface area (Å²) in [6.45, 7) is 6.53. The summed E-state index contributed by atoms with van der Waals surface area (Å²) in [7, 11) is -0.481. The van der Waals surface area contributed by atoms with Gasteiger partial charge in [0.2, 0.25) is 65.0 Å². The first-order valence-corrected chi connectivity index (χ1v) is 26.0. The molecule has 0 spiro atoms. The number of primary amides is 3. The molecular formula is C47H70F3N11O15S. The maximum atomic E-state index is 14.5. The van der Waals surface area contributed by atoms with Gasteiger partial charge in [-0.25, -0.2) is 4.79 Å². The minimum atomic E-state index is -5.08. The first-order valence-electron chi connectivity index (χ1n) is 24.5. The Morgan fingerprint density at radius 1 is 0.831 bits per heavy atom. The molecule has 2 heterocycles. The number of carbonyl (C=O) groups excluding carboxylic acids is 11. The number of rotatable bonds is 18. The number of hydrogen-bond donors (Lipinski definition) is 11. The zero-order chi connectivity index (χ0) is 58.3. The van der Waals surface area contributed by atoms with Crippen molar-refractivity contribution in [2.75, 3.05) is 31.7 Å². The third kappa shape index (κ3) is 23.2. The minimum absolute atomic E-state index is 0.00950. The Kier molecular flexibility index (Phi) is 27.0. The molecule has 0 bridgehead atoms. The molecule has 26 nitrogen and oxygen atoms in total. The normalized spacial score (nSPS) is 22.9. The molecule has 14 N–H and O–H groups in total. The van der Waals surface area contributed by atoms with E-state index in [-0.39, 0.29) is 50.3 Å². The van der Waals surface area contributed by atoms with Crippen LogP contribution in [0.15, 0.2) is 24.3 Å². The molecule has 2 unspecified atom stereocenters. The van der Waals surface area contributed by atoms with Crippen molar-refractivity contribution in [2.45, 2.75) is 140 Å². The largest absolute Gasteiger partial charge is 0.497 e. The maximum Gasteiger partial charge on any atom is 0.490 e. The van der Waals surface area contributed by atoms with Crippen molar-refractivity contribution in [3.8, 4) is 5.75 Å². The van der Waals surface area contributed by atoms with E-state index in [1.165, 1.54) is 7.11 Å². The van der Waals surface area contributed by atoms with E-state index in [9.17, 15) is 70.1 Å². The Labute approximate surface area is 444 Å². The van der Waals surface area contributed by atoms with Crippen LogP contribution in [0.1, 0.15) is 91.0 Å². The average Bonchev–Trinajstić information content (AvgIpc) is 3.84. The lowest BCUT2D eigenvalue weighted by Gasteiger charge is -2.31. The van der Waals surface area contributed by atoms with Gasteiger partial charge in [0.05, 0.1) is 25.8 Å². The Bertz CT molecular complexity index is 2330. The third-order valence-electron chi connectivity index (χ3n) is 12.0. The molecule has 2 aliphatic heterocycles. The zero-order valence-electron chi connectivity index (χ0n) is 43.3. The van der Waals surface area contributed by atoms with Gasteiger partial charge in [0.1, 0.15) is 48.0 Å². The highest BCUT2D eigenvalue weighted by atomic mass is 32.2. The summed E-state index contributed by atoms with van der Waals surface area (Å²) in [6.07, 6.45) is -6.14. The van der Waals surface area contributed by atoms with Crippen LogP contribution in [-0.4, -0.2) is 165 Å². The molecule has 0 radical (unpaired) electrons. The average molecular weight is 1120 g/mol. The second-order valence-corrected chi connectivity index (χ2v) is 20.3. The predicted molar refractivity (Wildman–Crippen MR) is 267 cm³/mol. The van der Waals surface area contributed by atoms with E-state index in [1.807, 2.05) is 0 Å². The summed E-state index contributed by atoms with van der Waals surface area (Å²) < 4.78 is 50.8. The van der Waals surface area contributed by atoms with E-state index >= 15 is 0 Å². The fourth-order valence-electron chi connectivity index (χ4n) is 7.81. The van der Waals surface area contributed by atoms with Crippen molar-refractivity contribution >= 4 is 81.7 Å². The van der Waals surface area contributed by atoms with E-state index in [2.05, 4.69) is 37.2 Å². The van der Waals surface area contributed by atoms with Crippen LogP contribution in [0.4, 0.5) is 13.2 Å². The highest BCUT2D eigenvalue weighted by Gasteiger charge is 2.42. The summed E-state index contributed by atoms with van der Waals surface area (Å²) in [5.74, 6) is -13.1. The van der Waals surface area contributed by atoms with Gasteiger partial charge in [-0.3, -0.25) is 56.9 Å². The molecule has 11 amide bonds. The van der Waals surface area contributed by atoms with Crippen LogP contribution in [-0.2, 0) is 74.8 Å². The number of carbonyl (C=O) groups is 12. The summed E-state index contributed by atoms with van der Waals surface area (Å²) in [6, 6.07) is -3.23. The molecule has 0 aliphatic carbocycles. The van der Waals surface area contributed by atoms with E-state index in [0.717, 1.165) is 4.90 Å². The molecule has 0 aromatic heterocycles. The summed E-state index contributed by atoms with van der Waals surface area (Å²) in [4.78, 5) is 157. The number of benzene rings is 1. The number of nitrogens with one attached hydrogen (secondary N) is 7. The Morgan fingerprint density at radius 3 is 1.97 bits per heavy atom. The molecule has 0 saturated carbocycles. The van der Waals surface area contributed by atoms with Crippen molar-refractivity contribution in [3.05, 3.63) is 29.8 Å². The molecule has 30 heteroatoms. The quantitative estimate of drug-likeness (QED) is 0.0705. The lowest BCUT2D eigenvalue weighted by atomic mass is 9.96. The van der Waals surface area contributed by atoms with Gasteiger partial charge in [-0.05, 0) is 61.6 Å². The molecule has 1 aromatic rings. The fraction of sp³-hybridized carbons (Fsp3) is 0.617. The molecule has 2 aliphatic rings. The second kappa shape index (κ2) is 31.6. The number of hydrogen-bond acceptors (Lipinski definition) is 14. The van der Waals surface area contributed by atoms with Crippen LogP contribution in [0, 0.1) is 11.8 Å². The van der Waals surface area contributed by atoms with Crippen molar-refractivity contribution < 1.29 is 84.8 Å². The summed E-state index contributed by atoms with van der Waals surface area (Å²) in [5, 5.41) is 24.9. The monoisotopic (exact) mass is 1120 g/mol. The number of halogens is 3. The zero-order valence-corrected chi connectivity index (χ0v) is 44.1. The van der Waals surface area contributed by atoms with E-state index in [1.54, 1.807) is 52.0 Å². The smallest absolute Gasteiger partial charge is 0.490 e. The number of nitrogens with two attached hydrogens (primary N) is 3. The van der Waals surface area contributed by atoms with E-state index < -0.39 is 168 Å². The minimum Gasteiger partial charge on any atom is -0.497 e. The number of aliphatic carboxylic acids is 1. The van der Waals surface area contributed by atoms with Gasteiger partial charge in [-0.1, -0.05) is 46.2 Å². The highest BCUT2D eigenvalue weighted by molar-refractivity contribution is 7.85. The van der Waals surface area contributed by atoms with Crippen LogP contribution in [0.3, 0.4) is 0 Å². The van der Waals surface area contributed by atoms with Crippen LogP contribution < -0.4 is 59.2 Å². The van der Waals surface area contributed by atoms with Gasteiger partial charge >= 0.3 is 12.1 Å². The maximum absolute atomic E-state index is 14.5. The number of methoxy groups -OCH3 is 1. The van der Waals surface area contributed by atoms with E-state index in [4.69, 9.17) is 31.8 Å². The third-order valence-corrected chi connectivity index (χ3v) is 13.4. The first kappa shape index (κ1) is 65.7. The topological polar surface area (TPSA) is 417 Å². The first-order chi connectivity index (χ1) is 36.0. The molecule has 9 atom stereocenters. The Balaban J connectivity index is 0.00000270. The number of likely N-dealkylation sites (tertiary alicyclic amines) is 1. The fourth-order valence-corrected chi connectivity index (χ4v) is 9.04. The van der Waals surface area contributed by atoms with Gasteiger partial charge in [-0.15, -0.1) is 0 Å². The van der Waals surface area contributed by atoms with Crippen LogP contribution in [0.2, 0.25) is 0 Å². The van der Waals surface area contributed by atoms with Crippen molar-refractivity contribution in [1.29, 1.82) is 0 Å². The van der Waals surface area contributed by atoms with Gasteiger partial charge in [-0.2, -0.15) is 13.2 Å². The molecule has 2 saturated heterocycles. The Hall–Kier alpha value is -7.40. The lowest BCUT2D eigenvalue weighted by Crippen LogP contribution is -2.61. The Morgan fingerprint density at radius 2 is 1.43 bits per heavy atom. The van der Waals surface area contributed by atoms with Crippen molar-refractivity contribution in [2.24, 2.45) is 29.0 Å². The number of alkyl halides is 3. The number of carboxylic acids is 1. The molecule has 2 fully saturated rings. The molecule has 3 rings (SSSR count). The van der Waals surface area contributed by atoms with Crippen molar-refractivity contribution in [1.82, 2.24) is 42.1 Å². The number of ether oxygens (including phenoxy) is 1. The molecule has 1 aromatic carbocycles. The second-order valence-electron chi connectivity index (χ2n) is 18.7. The number of amides is 11. The molecule has 430 valence electrons. The number of carboxylic acid groups (broad SMARTS) is 1. The van der Waals surface area contributed by atoms with Gasteiger partial charge in [0.25, 0.3) is 0 Å². The SMILES string of the molecule is CC[C@H](C)[C@@H]1NC(=O)[C@H](Cc2ccc(OC)cc2)NC(=O)CCCS(=O)C[C@@H](C(=O)N2CCC[C@H]2C(=O)NC(CC(C)C)C(=O)NCC(N)=O)NC(=O)[C@H](CC(N)=O)NC(=O)[C@H](CCC(N)=O)NC1=O.O=C(O)C(F)(F)F. The lowest BCUT2D eigenvalue weighted by molar-refractivity contribution is -0.192. The highest BCUT2D eigenvalue weighted by Crippen LogP contribution is 2.21. The van der Waals surface area contributed by atoms with Crippen LogP contribution in [0.25, 0.3) is 0 Å². The van der Waals surface area contributed by atoms with Crippen LogP contribution >= 0.6 is 0 Å². The van der Waals surface area contributed by atoms with Crippen molar-refractivity contribution in [3.63, 3.8) is 0 Å². The predicted octanol–water partition coefficient (Wildman–Crippen LogP) is -2.85. The number of nitrogens with zero attached hydrogens (tertiary/aromatic N) is 1. The summed E-state index contributed by atoms with van der Waals surface area (Å²) >= 11 is 0. The van der Waals surface area contributed by atoms with Crippen LogP contribution in [0.5, 0.6) is 5.75 Å². The summed E-state index contributed by atoms with van der Waals surface area (Å²) in [5.41, 5.74) is 16.7. The van der Waals surface area contributed by atoms with E-state index in [0.29, 0.717) is 24.2 Å². The van der Waals surface area contributed by atoms with Gasteiger partial charge in [0, 0.05) is 42.4 Å². The van der Waals surface area contributed by atoms with Gasteiger partial charge in [0.15, 0.2) is 0 Å². The molecule has 77 heavy (non-hydrogen) atoms. The standard InChI is InChI=1S/C45H69N11O13S.C2HF3O2/c1-6-25(4)38-44(66)51-28(15-16-34(46)57)40(62)52-31(21-35(47)58)41(63)54-32(45(67)56-17-7-9-33(56)43(65)53-29(19-24(2)3)39(61)49-22-36(48)59)23-70(68)18-8-10-37(60)50-30(42(64)55-38)20-26-11-13-27(69-5)14-12-26;3-2(4,5)1(6)7/h11-14,24-25,28-33,38H,6-10,15-23H2,1-5H3,(H2,46,57)(H2,47,58)(H2,48,59)(H,49,61)(H,50,60)(H,51,66)(H,52,62)(H,53,65)(H,54,63)(H,55,64);(H,6,7)/t25-,28-,29?,30-,31-,32-,33-,38-,70?;/m0./s1. The van der Waals surface area contributed by atoms with Gasteiger partial charge < -0.3 is 69.2 Å². The molecular weight excluding hydrogens is 1050 g/mol.